The molecule has 0 aliphatic carbocycles. The summed E-state index contributed by atoms with van der Waals surface area (Å²) in [7, 11) is 0. The zero-order chi connectivity index (χ0) is 9.78. The Kier molecular flexibility index (Phi) is 2.26. The van der Waals surface area contributed by atoms with E-state index in [0.29, 0.717) is 0 Å². The third-order valence-electron chi connectivity index (χ3n) is 2.10. The lowest BCUT2D eigenvalue weighted by Gasteiger charge is -2.27. The van der Waals surface area contributed by atoms with E-state index in [0.717, 1.165) is 0 Å². The molecule has 1 heterocycles. The molecule has 0 N–H and O–H groups in total. The van der Waals surface area contributed by atoms with Crippen LogP contribution in [0.15, 0.2) is 0 Å². The molecular weight excluding hydrogens is 288 g/mol. The molecule has 0 aromatic heterocycles. The van der Waals surface area contributed by atoms with Crippen molar-refractivity contribution in [2.24, 2.45) is 0 Å². The Morgan fingerprint density at radius 1 is 1.17 bits per heavy atom. The lowest BCUT2D eigenvalue weighted by atomic mass is 9.99. The SMILES string of the molecule is CC1(C)OC(C)(C)C(Br)(Br)C1=O. The van der Waals surface area contributed by atoms with Crippen LogP contribution in [0.25, 0.3) is 0 Å². The molecule has 0 saturated carbocycles. The molecule has 0 bridgehead atoms. The zero-order valence-electron chi connectivity index (χ0n) is 7.57. The average molecular weight is 300 g/mol. The highest BCUT2D eigenvalue weighted by molar-refractivity contribution is 9.26. The van der Waals surface area contributed by atoms with E-state index in [1.54, 1.807) is 13.8 Å². The first-order chi connectivity index (χ1) is 5.11. The number of carbonyl (C=O) groups excluding carboxylic acids is 1. The van der Waals surface area contributed by atoms with Gasteiger partial charge < -0.3 is 4.74 Å². The van der Waals surface area contributed by atoms with Crippen LogP contribution >= 0.6 is 31.9 Å². The van der Waals surface area contributed by atoms with E-state index in [1.807, 2.05) is 13.8 Å². The Balaban J connectivity index is 3.14. The van der Waals surface area contributed by atoms with Crippen molar-refractivity contribution in [2.75, 3.05) is 0 Å². The van der Waals surface area contributed by atoms with Crippen molar-refractivity contribution in [3.8, 4) is 0 Å². The molecule has 0 atom stereocenters. The largest absolute Gasteiger partial charge is 0.359 e. The molecule has 70 valence electrons. The van der Waals surface area contributed by atoms with Gasteiger partial charge in [-0.1, -0.05) is 31.9 Å². The number of alkyl halides is 2. The van der Waals surface area contributed by atoms with Gasteiger partial charge in [-0.2, -0.15) is 0 Å². The Labute approximate surface area is 89.3 Å². The van der Waals surface area contributed by atoms with Crippen LogP contribution in [0.2, 0.25) is 0 Å². The molecule has 0 aromatic carbocycles. The van der Waals surface area contributed by atoms with E-state index in [9.17, 15) is 4.79 Å². The number of ketones is 1. The van der Waals surface area contributed by atoms with Crippen molar-refractivity contribution in [2.45, 2.75) is 42.1 Å². The molecule has 1 rings (SSSR count). The van der Waals surface area contributed by atoms with Gasteiger partial charge >= 0.3 is 0 Å². The highest BCUT2D eigenvalue weighted by atomic mass is 79.9. The molecule has 2 nitrogen and oxygen atoms in total. The smallest absolute Gasteiger partial charge is 0.194 e. The van der Waals surface area contributed by atoms with Crippen molar-refractivity contribution in [1.82, 2.24) is 0 Å². The van der Waals surface area contributed by atoms with E-state index in [4.69, 9.17) is 4.74 Å². The summed E-state index contributed by atoms with van der Waals surface area (Å²) in [5, 5.41) is 0. The average Bonchev–Trinajstić information content (AvgIpc) is 1.90. The number of rotatable bonds is 0. The molecular formula is C8H12Br2O2. The Hall–Kier alpha value is 0.590. The fourth-order valence-corrected chi connectivity index (χ4v) is 2.52. The molecule has 12 heavy (non-hydrogen) atoms. The molecule has 1 aliphatic rings. The minimum atomic E-state index is -0.753. The number of carbonyl (C=O) groups is 1. The second-order valence-corrected chi connectivity index (χ2v) is 7.47. The van der Waals surface area contributed by atoms with Crippen LogP contribution in [0, 0.1) is 0 Å². The van der Waals surface area contributed by atoms with Gasteiger partial charge in [0.1, 0.15) is 5.60 Å². The fraction of sp³-hybridized carbons (Fsp3) is 0.875. The number of Topliss-reactive ketones (excluding diaryl/α,β-unsaturated/α-hetero) is 1. The first kappa shape index (κ1) is 10.7. The maximum absolute atomic E-state index is 11.7. The predicted octanol–water partition coefficient (Wildman–Crippen LogP) is 2.63. The number of hydrogen-bond donors (Lipinski definition) is 0. The second kappa shape index (κ2) is 2.55. The van der Waals surface area contributed by atoms with Crippen LogP contribution in [0.3, 0.4) is 0 Å². The summed E-state index contributed by atoms with van der Waals surface area (Å²) in [6.45, 7) is 7.31. The van der Waals surface area contributed by atoms with Crippen LogP contribution in [-0.4, -0.2) is 20.2 Å². The topological polar surface area (TPSA) is 26.3 Å². The molecule has 1 saturated heterocycles. The molecule has 0 spiro atoms. The van der Waals surface area contributed by atoms with Gasteiger partial charge in [0.15, 0.2) is 9.02 Å². The molecule has 0 amide bonds. The fourth-order valence-electron chi connectivity index (χ4n) is 1.40. The monoisotopic (exact) mass is 298 g/mol. The van der Waals surface area contributed by atoms with Crippen molar-refractivity contribution < 1.29 is 9.53 Å². The number of halogens is 2. The maximum Gasteiger partial charge on any atom is 0.194 e. The van der Waals surface area contributed by atoms with Gasteiger partial charge in [0, 0.05) is 0 Å². The van der Waals surface area contributed by atoms with Gasteiger partial charge in [-0.15, -0.1) is 0 Å². The van der Waals surface area contributed by atoms with Gasteiger partial charge in [0.25, 0.3) is 0 Å². The summed E-state index contributed by atoms with van der Waals surface area (Å²) in [5.41, 5.74) is -1.23. The normalized spacial score (nSPS) is 30.7. The van der Waals surface area contributed by atoms with Crippen LogP contribution in [0.4, 0.5) is 0 Å². The summed E-state index contributed by atoms with van der Waals surface area (Å²) in [6, 6.07) is 0. The zero-order valence-corrected chi connectivity index (χ0v) is 10.7. The third kappa shape index (κ3) is 1.28. The first-order valence-corrected chi connectivity index (χ1v) is 5.33. The Morgan fingerprint density at radius 3 is 1.67 bits per heavy atom. The summed E-state index contributed by atoms with van der Waals surface area (Å²) in [6.07, 6.45) is 0. The maximum atomic E-state index is 11.7. The standard InChI is InChI=1S/C8H12Br2O2/c1-6(2)5(11)8(9,10)7(3,4)12-6/h1-4H3. The van der Waals surface area contributed by atoms with Gasteiger partial charge in [-0.25, -0.2) is 0 Å². The number of hydrogen-bond acceptors (Lipinski definition) is 2. The molecule has 4 heteroatoms. The van der Waals surface area contributed by atoms with Crippen LogP contribution in [-0.2, 0) is 9.53 Å². The highest BCUT2D eigenvalue weighted by Gasteiger charge is 2.62. The van der Waals surface area contributed by atoms with Crippen molar-refractivity contribution in [1.29, 1.82) is 0 Å². The van der Waals surface area contributed by atoms with Gasteiger partial charge in [0.2, 0.25) is 0 Å². The van der Waals surface area contributed by atoms with Gasteiger partial charge in [-0.3, -0.25) is 4.79 Å². The minimum Gasteiger partial charge on any atom is -0.359 e. The summed E-state index contributed by atoms with van der Waals surface area (Å²) in [5.74, 6) is 0.0278. The lowest BCUT2D eigenvalue weighted by Crippen LogP contribution is -2.40. The van der Waals surface area contributed by atoms with Crippen LogP contribution in [0.1, 0.15) is 27.7 Å². The predicted molar refractivity (Wildman–Crippen MR) is 54.8 cm³/mol. The lowest BCUT2D eigenvalue weighted by molar-refractivity contribution is -0.132. The van der Waals surface area contributed by atoms with E-state index in [-0.39, 0.29) is 5.78 Å². The number of ether oxygens (including phenoxy) is 1. The van der Waals surface area contributed by atoms with E-state index >= 15 is 0 Å². The molecule has 0 unspecified atom stereocenters. The Bertz CT molecular complexity index is 231. The molecule has 1 aliphatic heterocycles. The van der Waals surface area contributed by atoms with E-state index in [2.05, 4.69) is 31.9 Å². The molecule has 1 fully saturated rings. The summed E-state index contributed by atoms with van der Waals surface area (Å²) >= 11 is 6.69. The second-order valence-electron chi connectivity index (χ2n) is 4.03. The first-order valence-electron chi connectivity index (χ1n) is 3.74. The third-order valence-corrected chi connectivity index (χ3v) is 4.73. The van der Waals surface area contributed by atoms with Crippen LogP contribution < -0.4 is 0 Å². The van der Waals surface area contributed by atoms with E-state index < -0.39 is 14.4 Å². The van der Waals surface area contributed by atoms with Gasteiger partial charge in [0.05, 0.1) is 5.60 Å². The Morgan fingerprint density at radius 2 is 1.58 bits per heavy atom. The van der Waals surface area contributed by atoms with Crippen molar-refractivity contribution in [3.05, 3.63) is 0 Å². The molecule has 0 aromatic rings. The minimum absolute atomic E-state index is 0.0278. The van der Waals surface area contributed by atoms with Crippen LogP contribution in [0.5, 0.6) is 0 Å². The quantitative estimate of drug-likeness (QED) is 0.643. The van der Waals surface area contributed by atoms with Crippen molar-refractivity contribution >= 4 is 37.6 Å². The summed E-state index contributed by atoms with van der Waals surface area (Å²) in [4.78, 5) is 11.7. The summed E-state index contributed by atoms with van der Waals surface area (Å²) < 4.78 is 4.87. The van der Waals surface area contributed by atoms with E-state index in [1.165, 1.54) is 0 Å². The van der Waals surface area contributed by atoms with Gasteiger partial charge in [-0.05, 0) is 27.7 Å². The molecule has 0 radical (unpaired) electrons. The van der Waals surface area contributed by atoms with Crippen molar-refractivity contribution in [3.63, 3.8) is 0 Å². The highest BCUT2D eigenvalue weighted by Crippen LogP contribution is 2.51.